The normalized spacial score (nSPS) is 10.6. The Morgan fingerprint density at radius 2 is 1.76 bits per heavy atom. The number of hydrogen-bond donors (Lipinski definition) is 2. The predicted molar refractivity (Wildman–Crippen MR) is 79.6 cm³/mol. The molecule has 2 aromatic carbocycles. The van der Waals surface area contributed by atoms with Gasteiger partial charge in [-0.2, -0.15) is 0 Å². The SMILES string of the molecule is NCC#Cc1ccccc1NS(=O)(=O)c1ccccc1F. The minimum Gasteiger partial charge on any atom is -0.320 e. The molecular formula is C15H13FN2O2S. The molecule has 108 valence electrons. The van der Waals surface area contributed by atoms with Crippen LogP contribution in [0.25, 0.3) is 0 Å². The number of nitrogens with two attached hydrogens (primary N) is 1. The van der Waals surface area contributed by atoms with Gasteiger partial charge in [0.15, 0.2) is 0 Å². The highest BCUT2D eigenvalue weighted by Crippen LogP contribution is 2.21. The second-order valence-electron chi connectivity index (χ2n) is 4.09. The van der Waals surface area contributed by atoms with E-state index in [9.17, 15) is 12.8 Å². The van der Waals surface area contributed by atoms with Crippen LogP contribution >= 0.6 is 0 Å². The van der Waals surface area contributed by atoms with E-state index in [-0.39, 0.29) is 12.2 Å². The van der Waals surface area contributed by atoms with E-state index in [4.69, 9.17) is 5.73 Å². The van der Waals surface area contributed by atoms with Crippen molar-refractivity contribution in [3.05, 3.63) is 59.9 Å². The molecule has 2 rings (SSSR count). The van der Waals surface area contributed by atoms with Crippen LogP contribution in [-0.4, -0.2) is 15.0 Å². The first-order chi connectivity index (χ1) is 10.0. The van der Waals surface area contributed by atoms with Crippen molar-refractivity contribution in [3.8, 4) is 11.8 Å². The molecule has 0 amide bonds. The van der Waals surface area contributed by atoms with Crippen molar-refractivity contribution in [2.75, 3.05) is 11.3 Å². The zero-order chi connectivity index (χ0) is 15.3. The number of hydrogen-bond acceptors (Lipinski definition) is 3. The van der Waals surface area contributed by atoms with Crippen molar-refractivity contribution in [1.82, 2.24) is 0 Å². The van der Waals surface area contributed by atoms with Gasteiger partial charge in [0.1, 0.15) is 10.7 Å². The standard InChI is InChI=1S/C15H13FN2O2S/c16-13-8-2-4-10-15(13)21(19,20)18-14-9-3-1-6-12(14)7-5-11-17/h1-4,6,8-10,18H,11,17H2. The van der Waals surface area contributed by atoms with Gasteiger partial charge >= 0.3 is 0 Å². The van der Waals surface area contributed by atoms with Gasteiger partial charge in [0, 0.05) is 5.56 Å². The molecule has 0 saturated heterocycles. The van der Waals surface area contributed by atoms with Gasteiger partial charge in [-0.25, -0.2) is 12.8 Å². The van der Waals surface area contributed by atoms with Gasteiger partial charge in [-0.15, -0.1) is 0 Å². The lowest BCUT2D eigenvalue weighted by molar-refractivity contribution is 0.570. The summed E-state index contributed by atoms with van der Waals surface area (Å²) in [6.45, 7) is 0.161. The number of halogens is 1. The van der Waals surface area contributed by atoms with Crippen LogP contribution in [0.1, 0.15) is 5.56 Å². The van der Waals surface area contributed by atoms with E-state index in [1.165, 1.54) is 18.2 Å². The summed E-state index contributed by atoms with van der Waals surface area (Å²) in [5.41, 5.74) is 6.06. The molecule has 21 heavy (non-hydrogen) atoms. The third-order valence-electron chi connectivity index (χ3n) is 2.62. The van der Waals surface area contributed by atoms with Crippen molar-refractivity contribution >= 4 is 15.7 Å². The Hall–Kier alpha value is -2.36. The lowest BCUT2D eigenvalue weighted by Crippen LogP contribution is -2.15. The minimum atomic E-state index is -4.02. The van der Waals surface area contributed by atoms with Gasteiger partial charge in [0.05, 0.1) is 12.2 Å². The zero-order valence-corrected chi connectivity index (χ0v) is 11.8. The van der Waals surface area contributed by atoms with Crippen molar-refractivity contribution in [2.24, 2.45) is 5.73 Å². The number of anilines is 1. The van der Waals surface area contributed by atoms with Crippen LogP contribution < -0.4 is 10.5 Å². The molecule has 0 saturated carbocycles. The summed E-state index contributed by atoms with van der Waals surface area (Å²) in [6, 6.07) is 11.8. The number of nitrogens with one attached hydrogen (secondary N) is 1. The van der Waals surface area contributed by atoms with Crippen molar-refractivity contribution in [1.29, 1.82) is 0 Å². The highest BCUT2D eigenvalue weighted by molar-refractivity contribution is 7.92. The average molecular weight is 304 g/mol. The second kappa shape index (κ2) is 6.39. The van der Waals surface area contributed by atoms with E-state index in [1.807, 2.05) is 0 Å². The third kappa shape index (κ3) is 3.60. The smallest absolute Gasteiger partial charge is 0.264 e. The summed E-state index contributed by atoms with van der Waals surface area (Å²) < 4.78 is 40.4. The number of para-hydroxylation sites is 1. The molecule has 6 heteroatoms. The molecule has 0 aliphatic rings. The van der Waals surface area contributed by atoms with Crippen molar-refractivity contribution < 1.29 is 12.8 Å². The molecule has 0 fully saturated rings. The Bertz CT molecular complexity index is 808. The summed E-state index contributed by atoms with van der Waals surface area (Å²) in [6.07, 6.45) is 0. The molecule has 0 unspecified atom stereocenters. The van der Waals surface area contributed by atoms with Gasteiger partial charge in [0.25, 0.3) is 10.0 Å². The molecule has 0 atom stereocenters. The van der Waals surface area contributed by atoms with Crippen LogP contribution in [0.4, 0.5) is 10.1 Å². The quantitative estimate of drug-likeness (QED) is 0.851. The van der Waals surface area contributed by atoms with Crippen LogP contribution in [0.2, 0.25) is 0 Å². The largest absolute Gasteiger partial charge is 0.320 e. The van der Waals surface area contributed by atoms with E-state index < -0.39 is 20.7 Å². The van der Waals surface area contributed by atoms with E-state index in [0.29, 0.717) is 5.56 Å². The molecule has 2 aromatic rings. The topological polar surface area (TPSA) is 72.2 Å². The molecule has 0 heterocycles. The highest BCUT2D eigenvalue weighted by atomic mass is 32.2. The molecular weight excluding hydrogens is 291 g/mol. The van der Waals surface area contributed by atoms with Gasteiger partial charge in [-0.3, -0.25) is 4.72 Å². The zero-order valence-electron chi connectivity index (χ0n) is 11.0. The fourth-order valence-corrected chi connectivity index (χ4v) is 2.85. The van der Waals surface area contributed by atoms with E-state index in [2.05, 4.69) is 16.6 Å². The Balaban J connectivity index is 2.40. The summed E-state index contributed by atoms with van der Waals surface area (Å²) in [7, 11) is -4.02. The fraction of sp³-hybridized carbons (Fsp3) is 0.0667. The van der Waals surface area contributed by atoms with Gasteiger partial charge in [0.2, 0.25) is 0 Å². The number of benzene rings is 2. The monoisotopic (exact) mass is 304 g/mol. The summed E-state index contributed by atoms with van der Waals surface area (Å²) in [5.74, 6) is 4.61. The number of rotatable bonds is 3. The molecule has 0 bridgehead atoms. The Labute approximate surface area is 122 Å². The summed E-state index contributed by atoms with van der Waals surface area (Å²) in [4.78, 5) is -0.411. The van der Waals surface area contributed by atoms with Gasteiger partial charge in [-0.1, -0.05) is 36.1 Å². The van der Waals surface area contributed by atoms with Crippen LogP contribution in [0, 0.1) is 17.7 Å². The predicted octanol–water partition coefficient (Wildman–Crippen LogP) is 1.94. The van der Waals surface area contributed by atoms with Crippen LogP contribution in [0.3, 0.4) is 0 Å². The Kier molecular flexibility index (Phi) is 4.58. The van der Waals surface area contributed by atoms with E-state index >= 15 is 0 Å². The Morgan fingerprint density at radius 1 is 1.10 bits per heavy atom. The molecule has 0 aromatic heterocycles. The van der Waals surface area contributed by atoms with Crippen LogP contribution in [-0.2, 0) is 10.0 Å². The first-order valence-electron chi connectivity index (χ1n) is 6.10. The van der Waals surface area contributed by atoms with E-state index in [0.717, 1.165) is 6.07 Å². The molecule has 0 spiro atoms. The van der Waals surface area contributed by atoms with Gasteiger partial charge < -0.3 is 5.73 Å². The van der Waals surface area contributed by atoms with Crippen LogP contribution in [0.5, 0.6) is 0 Å². The summed E-state index contributed by atoms with van der Waals surface area (Å²) >= 11 is 0. The summed E-state index contributed by atoms with van der Waals surface area (Å²) in [5, 5.41) is 0. The lowest BCUT2D eigenvalue weighted by Gasteiger charge is -2.10. The fourth-order valence-electron chi connectivity index (χ4n) is 1.69. The van der Waals surface area contributed by atoms with Gasteiger partial charge in [-0.05, 0) is 24.3 Å². The first kappa shape index (κ1) is 15.0. The number of sulfonamides is 1. The maximum Gasteiger partial charge on any atom is 0.264 e. The molecule has 0 radical (unpaired) electrons. The van der Waals surface area contributed by atoms with E-state index in [1.54, 1.807) is 24.3 Å². The molecule has 0 aliphatic carbocycles. The molecule has 4 nitrogen and oxygen atoms in total. The van der Waals surface area contributed by atoms with Crippen molar-refractivity contribution in [3.63, 3.8) is 0 Å². The Morgan fingerprint density at radius 3 is 2.48 bits per heavy atom. The highest BCUT2D eigenvalue weighted by Gasteiger charge is 2.19. The van der Waals surface area contributed by atoms with Crippen molar-refractivity contribution in [2.45, 2.75) is 4.90 Å². The maximum atomic E-state index is 13.6. The lowest BCUT2D eigenvalue weighted by atomic mass is 10.2. The molecule has 0 aliphatic heterocycles. The van der Waals surface area contributed by atoms with Crippen LogP contribution in [0.15, 0.2) is 53.4 Å². The molecule has 3 N–H and O–H groups in total. The second-order valence-corrected chi connectivity index (χ2v) is 5.74. The average Bonchev–Trinajstić information content (AvgIpc) is 2.46. The minimum absolute atomic E-state index is 0.161. The third-order valence-corrected chi connectivity index (χ3v) is 4.02. The first-order valence-corrected chi connectivity index (χ1v) is 7.58. The maximum absolute atomic E-state index is 13.6.